The molecular formula is C17H18FN3O2. The van der Waals surface area contributed by atoms with Crippen LogP contribution in [-0.2, 0) is 4.79 Å². The molecule has 0 spiro atoms. The van der Waals surface area contributed by atoms with Crippen LogP contribution in [0, 0.1) is 11.7 Å². The third-order valence-corrected chi connectivity index (χ3v) is 3.47. The van der Waals surface area contributed by atoms with Crippen LogP contribution in [-0.4, -0.2) is 24.0 Å². The lowest BCUT2D eigenvalue weighted by atomic mass is 10.3. The lowest BCUT2D eigenvalue weighted by Gasteiger charge is -2.08. The molecule has 1 aromatic carbocycles. The van der Waals surface area contributed by atoms with E-state index in [1.165, 1.54) is 43.3 Å². The average Bonchev–Trinajstić information content (AvgIpc) is 3.36. The molecule has 2 N–H and O–H groups in total. The molecule has 0 atom stereocenters. The molecule has 6 heteroatoms. The Labute approximate surface area is 133 Å². The number of amides is 1. The Kier molecular flexibility index (Phi) is 4.83. The number of nitrogens with zero attached hydrogens (tertiary/aromatic N) is 1. The first kappa shape index (κ1) is 15.4. The van der Waals surface area contributed by atoms with Crippen molar-refractivity contribution < 1.29 is 13.9 Å². The smallest absolute Gasteiger partial charge is 0.238 e. The van der Waals surface area contributed by atoms with Gasteiger partial charge in [-0.1, -0.05) is 0 Å². The predicted octanol–water partition coefficient (Wildman–Crippen LogP) is 2.95. The van der Waals surface area contributed by atoms with E-state index in [9.17, 15) is 9.18 Å². The number of hydrogen-bond acceptors (Lipinski definition) is 4. The fraction of sp³-hybridized carbons (Fsp3) is 0.294. The fourth-order valence-corrected chi connectivity index (χ4v) is 2.05. The van der Waals surface area contributed by atoms with Gasteiger partial charge in [0.25, 0.3) is 0 Å². The number of halogens is 1. The highest BCUT2D eigenvalue weighted by atomic mass is 19.1. The maximum atomic E-state index is 12.8. The molecule has 0 radical (unpaired) electrons. The van der Waals surface area contributed by atoms with Crippen LogP contribution in [0.4, 0.5) is 10.1 Å². The third-order valence-electron chi connectivity index (χ3n) is 3.47. The molecule has 5 nitrogen and oxygen atoms in total. The standard InChI is InChI=1S/C17H18FN3O2/c18-13-3-6-15(7-4-13)23-17-8-5-14(10-20-17)21-16(22)11-19-9-12-1-2-12/h3-8,10,12,19H,1-2,9,11H2,(H,21,22). The average molecular weight is 315 g/mol. The summed E-state index contributed by atoms with van der Waals surface area (Å²) in [6, 6.07) is 9.05. The second-order valence-corrected chi connectivity index (χ2v) is 5.56. The largest absolute Gasteiger partial charge is 0.439 e. The zero-order chi connectivity index (χ0) is 16.1. The van der Waals surface area contributed by atoms with Crippen LogP contribution in [0.25, 0.3) is 0 Å². The van der Waals surface area contributed by atoms with Crippen molar-refractivity contribution in [2.24, 2.45) is 5.92 Å². The fourth-order valence-electron chi connectivity index (χ4n) is 2.05. The van der Waals surface area contributed by atoms with Crippen LogP contribution in [0.1, 0.15) is 12.8 Å². The summed E-state index contributed by atoms with van der Waals surface area (Å²) in [6.07, 6.45) is 4.04. The van der Waals surface area contributed by atoms with Crippen molar-refractivity contribution in [2.75, 3.05) is 18.4 Å². The second kappa shape index (κ2) is 7.19. The van der Waals surface area contributed by atoms with E-state index in [0.29, 0.717) is 23.9 Å². The summed E-state index contributed by atoms with van der Waals surface area (Å²) in [5.41, 5.74) is 0.606. The second-order valence-electron chi connectivity index (χ2n) is 5.56. The van der Waals surface area contributed by atoms with E-state index in [4.69, 9.17) is 4.74 Å². The number of nitrogens with one attached hydrogen (secondary N) is 2. The molecule has 1 saturated carbocycles. The summed E-state index contributed by atoms with van der Waals surface area (Å²) in [4.78, 5) is 15.9. The van der Waals surface area contributed by atoms with Crippen molar-refractivity contribution in [1.82, 2.24) is 10.3 Å². The van der Waals surface area contributed by atoms with Crippen LogP contribution in [0.15, 0.2) is 42.6 Å². The minimum atomic E-state index is -0.321. The molecule has 3 rings (SSSR count). The topological polar surface area (TPSA) is 63.2 Å². The molecule has 2 aromatic rings. The molecule has 0 bridgehead atoms. The van der Waals surface area contributed by atoms with E-state index in [1.807, 2.05) is 0 Å². The molecule has 120 valence electrons. The van der Waals surface area contributed by atoms with Gasteiger partial charge in [-0.3, -0.25) is 4.79 Å². The number of carbonyl (C=O) groups excluding carboxylic acids is 1. The highest BCUT2D eigenvalue weighted by molar-refractivity contribution is 5.92. The van der Waals surface area contributed by atoms with Crippen molar-refractivity contribution >= 4 is 11.6 Å². The molecule has 23 heavy (non-hydrogen) atoms. The van der Waals surface area contributed by atoms with Crippen LogP contribution < -0.4 is 15.4 Å². The van der Waals surface area contributed by atoms with Gasteiger partial charge in [0.2, 0.25) is 11.8 Å². The molecule has 1 fully saturated rings. The Bertz CT molecular complexity index is 655. The summed E-state index contributed by atoms with van der Waals surface area (Å²) in [7, 11) is 0. The number of hydrogen-bond donors (Lipinski definition) is 2. The summed E-state index contributed by atoms with van der Waals surface area (Å²) in [6.45, 7) is 1.19. The number of benzene rings is 1. The van der Waals surface area contributed by atoms with Gasteiger partial charge >= 0.3 is 0 Å². The van der Waals surface area contributed by atoms with Crippen LogP contribution in [0.2, 0.25) is 0 Å². The van der Waals surface area contributed by atoms with E-state index < -0.39 is 0 Å². The monoisotopic (exact) mass is 315 g/mol. The number of anilines is 1. The van der Waals surface area contributed by atoms with Crippen LogP contribution in [0.5, 0.6) is 11.6 Å². The van der Waals surface area contributed by atoms with E-state index in [0.717, 1.165) is 12.5 Å². The molecule has 1 aliphatic carbocycles. The Morgan fingerprint density at radius 2 is 2.00 bits per heavy atom. The van der Waals surface area contributed by atoms with E-state index >= 15 is 0 Å². The van der Waals surface area contributed by atoms with Crippen LogP contribution >= 0.6 is 0 Å². The van der Waals surface area contributed by atoms with Crippen molar-refractivity contribution in [2.45, 2.75) is 12.8 Å². The first-order valence-corrected chi connectivity index (χ1v) is 7.59. The van der Waals surface area contributed by atoms with E-state index in [-0.39, 0.29) is 11.7 Å². The molecule has 0 saturated heterocycles. The third kappa shape index (κ3) is 5.03. The molecule has 1 amide bonds. The number of rotatable bonds is 7. The molecule has 1 aliphatic rings. The predicted molar refractivity (Wildman–Crippen MR) is 84.9 cm³/mol. The molecule has 0 unspecified atom stereocenters. The normalized spacial score (nSPS) is 13.6. The highest BCUT2D eigenvalue weighted by Crippen LogP contribution is 2.27. The van der Waals surface area contributed by atoms with Gasteiger partial charge in [0, 0.05) is 6.07 Å². The van der Waals surface area contributed by atoms with Crippen molar-refractivity contribution in [3.8, 4) is 11.6 Å². The Morgan fingerprint density at radius 1 is 1.22 bits per heavy atom. The van der Waals surface area contributed by atoms with Crippen molar-refractivity contribution in [1.29, 1.82) is 0 Å². The number of aromatic nitrogens is 1. The molecule has 0 aliphatic heterocycles. The quantitative estimate of drug-likeness (QED) is 0.824. The van der Waals surface area contributed by atoms with Crippen LogP contribution in [0.3, 0.4) is 0 Å². The first-order chi connectivity index (χ1) is 11.2. The van der Waals surface area contributed by atoms with Gasteiger partial charge < -0.3 is 15.4 Å². The molecule has 1 heterocycles. The maximum absolute atomic E-state index is 12.8. The maximum Gasteiger partial charge on any atom is 0.238 e. The lowest BCUT2D eigenvalue weighted by molar-refractivity contribution is -0.115. The summed E-state index contributed by atoms with van der Waals surface area (Å²) in [5.74, 6) is 1.20. The zero-order valence-corrected chi connectivity index (χ0v) is 12.6. The number of ether oxygens (including phenoxy) is 1. The minimum Gasteiger partial charge on any atom is -0.439 e. The van der Waals surface area contributed by atoms with Gasteiger partial charge in [0.15, 0.2) is 0 Å². The Morgan fingerprint density at radius 3 is 2.65 bits per heavy atom. The Balaban J connectivity index is 1.47. The lowest BCUT2D eigenvalue weighted by Crippen LogP contribution is -2.29. The summed E-state index contributed by atoms with van der Waals surface area (Å²) in [5, 5.41) is 5.89. The number of carbonyl (C=O) groups is 1. The van der Waals surface area contributed by atoms with E-state index in [1.54, 1.807) is 12.1 Å². The van der Waals surface area contributed by atoms with Gasteiger partial charge in [-0.05, 0) is 55.6 Å². The highest BCUT2D eigenvalue weighted by Gasteiger charge is 2.20. The van der Waals surface area contributed by atoms with Crippen molar-refractivity contribution in [3.05, 3.63) is 48.4 Å². The van der Waals surface area contributed by atoms with Gasteiger partial charge in [-0.2, -0.15) is 0 Å². The zero-order valence-electron chi connectivity index (χ0n) is 12.6. The van der Waals surface area contributed by atoms with Gasteiger partial charge in [0.1, 0.15) is 11.6 Å². The van der Waals surface area contributed by atoms with Gasteiger partial charge in [-0.15, -0.1) is 0 Å². The SMILES string of the molecule is O=C(CNCC1CC1)Nc1ccc(Oc2ccc(F)cc2)nc1. The number of pyridine rings is 1. The van der Waals surface area contributed by atoms with Gasteiger partial charge in [0.05, 0.1) is 18.4 Å². The Hall–Kier alpha value is -2.47. The summed E-state index contributed by atoms with van der Waals surface area (Å²) < 4.78 is 18.3. The van der Waals surface area contributed by atoms with Crippen molar-refractivity contribution in [3.63, 3.8) is 0 Å². The minimum absolute atomic E-state index is 0.0975. The summed E-state index contributed by atoms with van der Waals surface area (Å²) >= 11 is 0. The molecular weight excluding hydrogens is 297 g/mol. The first-order valence-electron chi connectivity index (χ1n) is 7.59. The molecule has 1 aromatic heterocycles. The van der Waals surface area contributed by atoms with Gasteiger partial charge in [-0.25, -0.2) is 9.37 Å². The van der Waals surface area contributed by atoms with E-state index in [2.05, 4.69) is 15.6 Å².